The number of rotatable bonds is 2. The van der Waals surface area contributed by atoms with Gasteiger partial charge in [-0.25, -0.2) is 0 Å². The summed E-state index contributed by atoms with van der Waals surface area (Å²) in [5.41, 5.74) is 21.7. The molecule has 0 atom stereocenters. The molecule has 0 spiro atoms. The van der Waals surface area contributed by atoms with Gasteiger partial charge >= 0.3 is 0 Å². The molecule has 0 fully saturated rings. The van der Waals surface area contributed by atoms with Gasteiger partial charge in [0, 0.05) is 45.1 Å². The van der Waals surface area contributed by atoms with Crippen molar-refractivity contribution in [1.82, 2.24) is 4.98 Å². The average molecular weight is 789 g/mol. The first kappa shape index (κ1) is 33.6. The van der Waals surface area contributed by atoms with Gasteiger partial charge in [0.15, 0.2) is 0 Å². The Balaban J connectivity index is 0.000000198. The summed E-state index contributed by atoms with van der Waals surface area (Å²) in [6, 6.07) is 24.6. The van der Waals surface area contributed by atoms with Crippen LogP contribution in [0.1, 0.15) is 61.2 Å². The molecule has 0 amide bonds. The summed E-state index contributed by atoms with van der Waals surface area (Å²) in [5.74, 6) is 0. The molecule has 7 rings (SSSR count). The first-order valence-corrected chi connectivity index (χ1v) is 16.0. The van der Waals surface area contributed by atoms with Gasteiger partial charge in [-0.15, -0.1) is 17.7 Å². The molecule has 0 saturated carbocycles. The SMILES string of the molecule is Cc1cc(C)c(N2[CH-]N(c3c(C)cccc3C)c3cc(C)c(C)cc32)c(C)c1.Cc1cc(C)c2[n-]c3c(C)cc(C)cc3c2c1.[Au]. The normalized spacial score (nSPS) is 12.3. The summed E-state index contributed by atoms with van der Waals surface area (Å²) in [4.78, 5) is 9.54. The molecule has 0 saturated heterocycles. The van der Waals surface area contributed by atoms with Crippen molar-refractivity contribution in [2.75, 3.05) is 9.80 Å². The maximum absolute atomic E-state index is 4.80. The standard InChI is InChI=1S/C26H29N2.C16H16N.Au/c1-16-11-21(6)26(22(7)12-16)28-15-27(25-17(2)9-8-10-18(25)3)23-13-19(4)20(5)14-24(23)28;1-9-5-11(3)15-13(7-9)14-8-10(2)6-12(4)16(14)17-15;/h8-15H,1-7H3;5-8H,1-4H3;/q2*-1;. The van der Waals surface area contributed by atoms with Crippen molar-refractivity contribution in [1.29, 1.82) is 0 Å². The number of benzene rings is 5. The Kier molecular flexibility index (Phi) is 9.35. The van der Waals surface area contributed by atoms with E-state index in [0.717, 1.165) is 11.0 Å². The maximum Gasteiger partial charge on any atom is 0.0348 e. The van der Waals surface area contributed by atoms with Gasteiger partial charge in [-0.2, -0.15) is 0 Å². The van der Waals surface area contributed by atoms with Crippen LogP contribution in [0.4, 0.5) is 22.7 Å². The fraction of sp³-hybridized carbons (Fsp3) is 0.262. The second-order valence-corrected chi connectivity index (χ2v) is 13.3. The van der Waals surface area contributed by atoms with Crippen LogP contribution in [0.2, 0.25) is 0 Å². The topological polar surface area (TPSA) is 20.6 Å². The Morgan fingerprint density at radius 3 is 1.24 bits per heavy atom. The van der Waals surface area contributed by atoms with E-state index < -0.39 is 0 Å². The molecule has 2 heterocycles. The smallest absolute Gasteiger partial charge is 0.0348 e. The van der Waals surface area contributed by atoms with E-state index in [1.54, 1.807) is 0 Å². The molecular formula is C42H45AuN3-2. The van der Waals surface area contributed by atoms with Crippen LogP contribution in [0.15, 0.2) is 66.7 Å². The van der Waals surface area contributed by atoms with Crippen LogP contribution in [-0.4, -0.2) is 0 Å². The largest absolute Gasteiger partial charge is 0.656 e. The van der Waals surface area contributed by atoms with E-state index in [1.807, 2.05) is 0 Å². The summed E-state index contributed by atoms with van der Waals surface area (Å²) in [5, 5.41) is 2.59. The van der Waals surface area contributed by atoms with E-state index in [9.17, 15) is 0 Å². The van der Waals surface area contributed by atoms with Crippen LogP contribution >= 0.6 is 0 Å². The number of aryl methyl sites for hydroxylation is 11. The van der Waals surface area contributed by atoms with Gasteiger partial charge in [0.25, 0.3) is 0 Å². The third kappa shape index (κ3) is 5.93. The molecule has 4 heteroatoms. The average Bonchev–Trinajstić information content (AvgIpc) is 3.48. The van der Waals surface area contributed by atoms with E-state index in [1.165, 1.54) is 94.7 Å². The van der Waals surface area contributed by atoms with Crippen LogP contribution in [-0.2, 0) is 22.4 Å². The van der Waals surface area contributed by atoms with E-state index in [0.29, 0.717) is 0 Å². The number of hydrogen-bond donors (Lipinski definition) is 0. The molecule has 1 radical (unpaired) electrons. The molecule has 241 valence electrons. The van der Waals surface area contributed by atoms with Crippen molar-refractivity contribution in [3.05, 3.63) is 135 Å². The first-order chi connectivity index (χ1) is 21.3. The Hall–Kier alpha value is -3.76. The van der Waals surface area contributed by atoms with Gasteiger partial charge in [0.1, 0.15) is 0 Å². The number of anilines is 4. The van der Waals surface area contributed by atoms with Crippen LogP contribution < -0.4 is 14.8 Å². The van der Waals surface area contributed by atoms with Gasteiger partial charge in [0.05, 0.1) is 0 Å². The van der Waals surface area contributed by atoms with Crippen LogP contribution in [0.5, 0.6) is 0 Å². The van der Waals surface area contributed by atoms with Gasteiger partial charge in [-0.05, 0) is 132 Å². The van der Waals surface area contributed by atoms with Gasteiger partial charge < -0.3 is 14.8 Å². The first-order valence-electron chi connectivity index (χ1n) is 16.0. The van der Waals surface area contributed by atoms with E-state index in [2.05, 4.69) is 159 Å². The second kappa shape index (κ2) is 12.8. The minimum atomic E-state index is 0. The fourth-order valence-corrected chi connectivity index (χ4v) is 7.25. The molecular weight excluding hydrogens is 743 g/mol. The van der Waals surface area contributed by atoms with Gasteiger partial charge in [0.2, 0.25) is 0 Å². The number of hydrogen-bond acceptors (Lipinski definition) is 2. The summed E-state index contributed by atoms with van der Waals surface area (Å²) in [6.07, 6.45) is 0. The van der Waals surface area contributed by atoms with Crippen molar-refractivity contribution in [3.63, 3.8) is 0 Å². The molecule has 1 aliphatic rings. The molecule has 46 heavy (non-hydrogen) atoms. The van der Waals surface area contributed by atoms with E-state index >= 15 is 0 Å². The molecule has 5 aromatic carbocycles. The molecule has 6 aromatic rings. The van der Waals surface area contributed by atoms with Crippen molar-refractivity contribution >= 4 is 44.6 Å². The zero-order valence-corrected chi connectivity index (χ0v) is 31.2. The molecule has 1 aliphatic heterocycles. The van der Waals surface area contributed by atoms with Gasteiger partial charge in [-0.3, -0.25) is 0 Å². The summed E-state index contributed by atoms with van der Waals surface area (Å²) < 4.78 is 0. The Bertz CT molecular complexity index is 2010. The number of para-hydroxylation sites is 1. The Morgan fingerprint density at radius 2 is 0.804 bits per heavy atom. The number of aromatic nitrogens is 1. The third-order valence-corrected chi connectivity index (χ3v) is 9.30. The van der Waals surface area contributed by atoms with Crippen molar-refractivity contribution in [2.24, 2.45) is 0 Å². The molecule has 1 aromatic heterocycles. The van der Waals surface area contributed by atoms with Crippen LogP contribution in [0.3, 0.4) is 0 Å². The van der Waals surface area contributed by atoms with Crippen LogP contribution in [0.25, 0.3) is 21.8 Å². The predicted octanol–water partition coefficient (Wildman–Crippen LogP) is 11.4. The quantitative estimate of drug-likeness (QED) is 0.129. The monoisotopic (exact) mass is 788 g/mol. The third-order valence-electron chi connectivity index (χ3n) is 9.30. The summed E-state index contributed by atoms with van der Waals surface area (Å²) in [6.45, 7) is 26.2. The fourth-order valence-electron chi connectivity index (χ4n) is 7.25. The Morgan fingerprint density at radius 1 is 0.435 bits per heavy atom. The minimum Gasteiger partial charge on any atom is -0.656 e. The van der Waals surface area contributed by atoms with Crippen LogP contribution in [0, 0.1) is 82.8 Å². The maximum atomic E-state index is 4.80. The zero-order valence-electron chi connectivity index (χ0n) is 29.1. The molecule has 0 unspecified atom stereocenters. The van der Waals surface area contributed by atoms with Crippen molar-refractivity contribution in [3.8, 4) is 0 Å². The summed E-state index contributed by atoms with van der Waals surface area (Å²) >= 11 is 0. The molecule has 0 N–H and O–H groups in total. The summed E-state index contributed by atoms with van der Waals surface area (Å²) in [7, 11) is 0. The second-order valence-electron chi connectivity index (χ2n) is 13.3. The Labute approximate surface area is 291 Å². The minimum absolute atomic E-state index is 0. The van der Waals surface area contributed by atoms with E-state index in [4.69, 9.17) is 4.98 Å². The molecule has 0 bridgehead atoms. The van der Waals surface area contributed by atoms with E-state index in [-0.39, 0.29) is 22.4 Å². The van der Waals surface area contributed by atoms with Gasteiger partial charge in [-0.1, -0.05) is 82.4 Å². The predicted molar refractivity (Wildman–Crippen MR) is 195 cm³/mol. The molecule has 0 aliphatic carbocycles. The molecule has 3 nitrogen and oxygen atoms in total. The number of nitrogens with zero attached hydrogens (tertiary/aromatic N) is 3. The number of fused-ring (bicyclic) bond motifs is 4. The van der Waals surface area contributed by atoms with Crippen molar-refractivity contribution < 1.29 is 22.4 Å². The zero-order chi connectivity index (χ0) is 32.3. The van der Waals surface area contributed by atoms with Crippen molar-refractivity contribution in [2.45, 2.75) is 76.2 Å².